The molecule has 0 unspecified atom stereocenters. The van der Waals surface area contributed by atoms with Crippen molar-refractivity contribution in [2.45, 2.75) is 33.2 Å². The molecule has 1 fully saturated rings. The normalized spacial score (nSPS) is 17.2. The summed E-state index contributed by atoms with van der Waals surface area (Å²) in [5.41, 5.74) is 2.21. The van der Waals surface area contributed by atoms with E-state index in [0.717, 1.165) is 24.0 Å². The number of hydrogen-bond acceptors (Lipinski definition) is 2. The van der Waals surface area contributed by atoms with E-state index in [1.807, 2.05) is 38.1 Å². The molecule has 0 saturated carbocycles. The van der Waals surface area contributed by atoms with E-state index in [1.165, 1.54) is 0 Å². The summed E-state index contributed by atoms with van der Waals surface area (Å²) in [6.07, 6.45) is 1.95. The van der Waals surface area contributed by atoms with Crippen molar-refractivity contribution in [1.29, 1.82) is 0 Å². The van der Waals surface area contributed by atoms with Crippen LogP contribution < -0.4 is 0 Å². The Balaban J connectivity index is 2.15. The Labute approximate surface area is 116 Å². The summed E-state index contributed by atoms with van der Waals surface area (Å²) in [6.45, 7) is 6.20. The van der Waals surface area contributed by atoms with Crippen LogP contribution in [0.25, 0.3) is 0 Å². The predicted octanol–water partition coefficient (Wildman–Crippen LogP) is 2.16. The van der Waals surface area contributed by atoms with Crippen molar-refractivity contribution >= 4 is 10.2 Å². The summed E-state index contributed by atoms with van der Waals surface area (Å²) >= 11 is 0. The molecule has 0 radical (unpaired) electrons. The Morgan fingerprint density at radius 2 is 1.95 bits per heavy atom. The van der Waals surface area contributed by atoms with E-state index in [1.54, 1.807) is 8.61 Å². The lowest BCUT2D eigenvalue weighted by Crippen LogP contribution is -2.41. The first-order valence-corrected chi connectivity index (χ1v) is 8.24. The van der Waals surface area contributed by atoms with Gasteiger partial charge in [-0.3, -0.25) is 0 Å². The third kappa shape index (κ3) is 3.35. The van der Waals surface area contributed by atoms with Crippen molar-refractivity contribution in [3.8, 4) is 0 Å². The average Bonchev–Trinajstić information content (AvgIpc) is 2.90. The molecule has 0 amide bonds. The molecule has 0 atom stereocenters. The standard InChI is InChI=1S/C14H22N2O2S/c1-3-15(12-14-8-6-7-13(2)11-14)19(17,18)16-9-4-5-10-16/h6-8,11H,3-5,9-10,12H2,1-2H3. The maximum Gasteiger partial charge on any atom is 0.282 e. The molecule has 1 aromatic carbocycles. The molecule has 4 nitrogen and oxygen atoms in total. The van der Waals surface area contributed by atoms with E-state index in [4.69, 9.17) is 0 Å². The molecule has 0 spiro atoms. The summed E-state index contributed by atoms with van der Waals surface area (Å²) in [6, 6.07) is 8.02. The molecule has 19 heavy (non-hydrogen) atoms. The van der Waals surface area contributed by atoms with E-state index >= 15 is 0 Å². The fourth-order valence-electron chi connectivity index (χ4n) is 2.45. The minimum atomic E-state index is -3.30. The zero-order valence-electron chi connectivity index (χ0n) is 11.7. The third-order valence-electron chi connectivity index (χ3n) is 3.51. The van der Waals surface area contributed by atoms with E-state index < -0.39 is 10.2 Å². The van der Waals surface area contributed by atoms with Gasteiger partial charge in [0.15, 0.2) is 0 Å². The number of hydrogen-bond donors (Lipinski definition) is 0. The van der Waals surface area contributed by atoms with Gasteiger partial charge in [-0.2, -0.15) is 17.0 Å². The van der Waals surface area contributed by atoms with E-state index in [-0.39, 0.29) is 0 Å². The van der Waals surface area contributed by atoms with Crippen LogP contribution in [0.1, 0.15) is 30.9 Å². The maximum atomic E-state index is 12.5. The van der Waals surface area contributed by atoms with Gasteiger partial charge in [0, 0.05) is 26.2 Å². The van der Waals surface area contributed by atoms with Crippen LogP contribution in [-0.4, -0.2) is 36.7 Å². The second-order valence-electron chi connectivity index (χ2n) is 5.03. The molecule has 106 valence electrons. The molecular weight excluding hydrogens is 260 g/mol. The second kappa shape index (κ2) is 6.03. The quantitative estimate of drug-likeness (QED) is 0.830. The Morgan fingerprint density at radius 1 is 1.26 bits per heavy atom. The number of nitrogens with zero attached hydrogens (tertiary/aromatic N) is 2. The molecular formula is C14H22N2O2S. The van der Waals surface area contributed by atoms with Crippen molar-refractivity contribution in [3.05, 3.63) is 35.4 Å². The first-order valence-electron chi connectivity index (χ1n) is 6.85. The molecule has 2 rings (SSSR count). The molecule has 1 saturated heterocycles. The fourth-order valence-corrected chi connectivity index (χ4v) is 4.14. The Bertz CT molecular complexity index is 522. The molecule has 1 aliphatic heterocycles. The highest BCUT2D eigenvalue weighted by molar-refractivity contribution is 7.86. The Hall–Kier alpha value is -0.910. The van der Waals surface area contributed by atoms with Gasteiger partial charge in [-0.15, -0.1) is 0 Å². The summed E-state index contributed by atoms with van der Waals surface area (Å²) in [5.74, 6) is 0. The van der Waals surface area contributed by atoms with Crippen LogP contribution in [0.5, 0.6) is 0 Å². The average molecular weight is 282 g/mol. The molecule has 0 bridgehead atoms. The molecule has 0 N–H and O–H groups in total. The van der Waals surface area contributed by atoms with Crippen LogP contribution in [0.15, 0.2) is 24.3 Å². The van der Waals surface area contributed by atoms with Crippen LogP contribution in [-0.2, 0) is 16.8 Å². The fraction of sp³-hybridized carbons (Fsp3) is 0.571. The summed E-state index contributed by atoms with van der Waals surface area (Å²) in [7, 11) is -3.30. The largest absolute Gasteiger partial charge is 0.282 e. The van der Waals surface area contributed by atoms with Gasteiger partial charge in [0.25, 0.3) is 10.2 Å². The number of benzene rings is 1. The Kier molecular flexibility index (Phi) is 4.60. The lowest BCUT2D eigenvalue weighted by Gasteiger charge is -2.26. The highest BCUT2D eigenvalue weighted by atomic mass is 32.2. The zero-order chi connectivity index (χ0) is 13.9. The minimum absolute atomic E-state index is 0.455. The zero-order valence-corrected chi connectivity index (χ0v) is 12.5. The van der Waals surface area contributed by atoms with Gasteiger partial charge in [0.05, 0.1) is 0 Å². The molecule has 1 heterocycles. The first-order chi connectivity index (χ1) is 9.04. The highest BCUT2D eigenvalue weighted by Crippen LogP contribution is 2.18. The molecule has 0 aromatic heterocycles. The van der Waals surface area contributed by atoms with Crippen LogP contribution in [0.4, 0.5) is 0 Å². The van der Waals surface area contributed by atoms with Gasteiger partial charge in [-0.25, -0.2) is 0 Å². The summed E-state index contributed by atoms with van der Waals surface area (Å²) in [4.78, 5) is 0. The summed E-state index contributed by atoms with van der Waals surface area (Å²) < 4.78 is 28.2. The van der Waals surface area contributed by atoms with Gasteiger partial charge < -0.3 is 0 Å². The van der Waals surface area contributed by atoms with Crippen molar-refractivity contribution in [2.75, 3.05) is 19.6 Å². The second-order valence-corrected chi connectivity index (χ2v) is 6.96. The lowest BCUT2D eigenvalue weighted by atomic mass is 10.1. The molecule has 0 aliphatic carbocycles. The first kappa shape index (κ1) is 14.5. The molecule has 5 heteroatoms. The minimum Gasteiger partial charge on any atom is -0.195 e. The van der Waals surface area contributed by atoms with Gasteiger partial charge >= 0.3 is 0 Å². The van der Waals surface area contributed by atoms with Gasteiger partial charge in [-0.1, -0.05) is 36.8 Å². The highest BCUT2D eigenvalue weighted by Gasteiger charge is 2.30. The predicted molar refractivity (Wildman–Crippen MR) is 77.0 cm³/mol. The molecule has 1 aliphatic rings. The lowest BCUT2D eigenvalue weighted by molar-refractivity contribution is 0.365. The number of rotatable bonds is 5. The van der Waals surface area contributed by atoms with Crippen molar-refractivity contribution in [2.24, 2.45) is 0 Å². The number of aryl methyl sites for hydroxylation is 1. The summed E-state index contributed by atoms with van der Waals surface area (Å²) in [5, 5.41) is 0. The smallest absolute Gasteiger partial charge is 0.195 e. The van der Waals surface area contributed by atoms with Crippen molar-refractivity contribution < 1.29 is 8.42 Å². The van der Waals surface area contributed by atoms with Gasteiger partial charge in [-0.05, 0) is 25.3 Å². The van der Waals surface area contributed by atoms with Gasteiger partial charge in [0.1, 0.15) is 0 Å². The molecule has 1 aromatic rings. The monoisotopic (exact) mass is 282 g/mol. The van der Waals surface area contributed by atoms with Gasteiger partial charge in [0.2, 0.25) is 0 Å². The van der Waals surface area contributed by atoms with E-state index in [2.05, 4.69) is 0 Å². The van der Waals surface area contributed by atoms with Crippen LogP contribution >= 0.6 is 0 Å². The van der Waals surface area contributed by atoms with Crippen molar-refractivity contribution in [1.82, 2.24) is 8.61 Å². The van der Waals surface area contributed by atoms with E-state index in [0.29, 0.717) is 26.2 Å². The maximum absolute atomic E-state index is 12.5. The van der Waals surface area contributed by atoms with Crippen LogP contribution in [0.3, 0.4) is 0 Å². The topological polar surface area (TPSA) is 40.6 Å². The Morgan fingerprint density at radius 3 is 2.53 bits per heavy atom. The van der Waals surface area contributed by atoms with Crippen LogP contribution in [0.2, 0.25) is 0 Å². The van der Waals surface area contributed by atoms with Crippen molar-refractivity contribution in [3.63, 3.8) is 0 Å². The van der Waals surface area contributed by atoms with Crippen LogP contribution in [0, 0.1) is 6.92 Å². The van der Waals surface area contributed by atoms with E-state index in [9.17, 15) is 8.42 Å². The third-order valence-corrected chi connectivity index (χ3v) is 5.57. The SMILES string of the molecule is CCN(Cc1cccc(C)c1)S(=O)(=O)N1CCCC1.